The van der Waals surface area contributed by atoms with Crippen LogP contribution in [0.1, 0.15) is 57.6 Å². The van der Waals surface area contributed by atoms with Gasteiger partial charge in [0, 0.05) is 30.4 Å². The average molecular weight is 535 g/mol. The van der Waals surface area contributed by atoms with Crippen LogP contribution in [-0.2, 0) is 19.7 Å². The summed E-state index contributed by atoms with van der Waals surface area (Å²) in [5, 5.41) is 2.99. The number of nitrogens with one attached hydrogen (secondary N) is 1. The highest BCUT2D eigenvalue weighted by Crippen LogP contribution is 2.55. The molecule has 208 valence electrons. The number of fused-ring (bicyclic) bond motifs is 5. The molecule has 1 fully saturated rings. The van der Waals surface area contributed by atoms with Gasteiger partial charge in [0.2, 0.25) is 18.6 Å². The first-order valence-electron chi connectivity index (χ1n) is 14.2. The van der Waals surface area contributed by atoms with Crippen molar-refractivity contribution in [1.82, 2.24) is 5.32 Å². The van der Waals surface area contributed by atoms with E-state index in [1.165, 1.54) is 6.42 Å². The molecule has 0 aromatic heterocycles. The van der Waals surface area contributed by atoms with Crippen LogP contribution in [0, 0.1) is 17.8 Å². The predicted molar refractivity (Wildman–Crippen MR) is 146 cm³/mol. The number of hydrogen-bond acceptors (Lipinski definition) is 6. The van der Waals surface area contributed by atoms with E-state index >= 15 is 0 Å². The summed E-state index contributed by atoms with van der Waals surface area (Å²) in [6.07, 6.45) is 4.19. The minimum Gasteiger partial charge on any atom is -0.491 e. The Bertz CT molecular complexity index is 1260. The van der Waals surface area contributed by atoms with Gasteiger partial charge in [0.05, 0.1) is 6.10 Å². The largest absolute Gasteiger partial charge is 0.491 e. The molecule has 2 aromatic rings. The number of carbonyl (C=O) groups is 2. The molecule has 2 amide bonds. The molecule has 3 heterocycles. The van der Waals surface area contributed by atoms with Gasteiger partial charge in [-0.1, -0.05) is 45.4 Å². The number of anilines is 1. The monoisotopic (exact) mass is 534 g/mol. The fraction of sp³-hybridized carbons (Fsp3) is 0.548. The molecule has 8 nitrogen and oxygen atoms in total. The first-order chi connectivity index (χ1) is 18.9. The number of benzene rings is 2. The lowest BCUT2D eigenvalue weighted by atomic mass is 9.75. The van der Waals surface area contributed by atoms with Crippen molar-refractivity contribution in [2.45, 2.75) is 58.0 Å². The fourth-order valence-electron chi connectivity index (χ4n) is 6.79. The van der Waals surface area contributed by atoms with Crippen molar-refractivity contribution in [3.05, 3.63) is 47.5 Å². The molecule has 6 rings (SSSR count). The summed E-state index contributed by atoms with van der Waals surface area (Å²) in [7, 11) is 0. The second-order valence-electron chi connectivity index (χ2n) is 11.7. The first kappa shape index (κ1) is 26.0. The summed E-state index contributed by atoms with van der Waals surface area (Å²) in [6, 6.07) is 11.6. The zero-order valence-electron chi connectivity index (χ0n) is 23.0. The van der Waals surface area contributed by atoms with Crippen LogP contribution in [-0.4, -0.2) is 51.0 Å². The summed E-state index contributed by atoms with van der Waals surface area (Å²) in [5.41, 5.74) is 1.73. The molecule has 4 atom stereocenters. The fourth-order valence-corrected chi connectivity index (χ4v) is 6.79. The lowest BCUT2D eigenvalue weighted by Gasteiger charge is -2.37. The van der Waals surface area contributed by atoms with E-state index in [1.54, 1.807) is 0 Å². The van der Waals surface area contributed by atoms with Gasteiger partial charge in [-0.05, 0) is 54.7 Å². The van der Waals surface area contributed by atoms with Gasteiger partial charge in [0.15, 0.2) is 11.5 Å². The van der Waals surface area contributed by atoms with Crippen LogP contribution in [0.3, 0.4) is 0 Å². The van der Waals surface area contributed by atoms with Gasteiger partial charge >= 0.3 is 0 Å². The van der Waals surface area contributed by atoms with Crippen molar-refractivity contribution in [2.24, 2.45) is 17.8 Å². The minimum absolute atomic E-state index is 0.0119. The van der Waals surface area contributed by atoms with Gasteiger partial charge < -0.3 is 29.2 Å². The Balaban J connectivity index is 1.08. The summed E-state index contributed by atoms with van der Waals surface area (Å²) in [6.45, 7) is 8.20. The Morgan fingerprint density at radius 2 is 1.90 bits per heavy atom. The zero-order chi connectivity index (χ0) is 27.1. The molecule has 1 N–H and O–H groups in total. The standard InChI is InChI=1S/C31H38N2O6/c1-19(2)21-10-9-20(3)13-25(21)36-16-29(34)32-11-6-12-33-24-8-5-4-7-22(24)31(30(33)35)17-37-26-15-28-27(14-23(26)31)38-18-39-28/h4-5,7-8,14-15,19-21,25H,6,9-13,16-18H2,1-3H3,(H,32,34). The van der Waals surface area contributed by atoms with Crippen molar-refractivity contribution in [3.8, 4) is 17.2 Å². The Labute approximate surface area is 229 Å². The average Bonchev–Trinajstić information content (AvgIpc) is 3.60. The van der Waals surface area contributed by atoms with E-state index in [2.05, 4.69) is 26.1 Å². The highest BCUT2D eigenvalue weighted by atomic mass is 16.7. The Morgan fingerprint density at radius 1 is 1.10 bits per heavy atom. The summed E-state index contributed by atoms with van der Waals surface area (Å²) in [5.74, 6) is 3.51. The number of nitrogens with zero attached hydrogens (tertiary/aromatic N) is 1. The highest BCUT2D eigenvalue weighted by molar-refractivity contribution is 6.11. The quantitative estimate of drug-likeness (QED) is 0.505. The highest BCUT2D eigenvalue weighted by Gasteiger charge is 2.57. The Hall–Kier alpha value is -3.26. The minimum atomic E-state index is -0.909. The maximum atomic E-state index is 14.0. The number of rotatable bonds is 8. The molecule has 4 unspecified atom stereocenters. The van der Waals surface area contributed by atoms with Gasteiger partial charge in [-0.25, -0.2) is 0 Å². The molecule has 1 aliphatic carbocycles. The van der Waals surface area contributed by atoms with Crippen LogP contribution in [0.25, 0.3) is 0 Å². The Kier molecular flexibility index (Phi) is 6.91. The molecule has 0 saturated heterocycles. The molecule has 2 aromatic carbocycles. The normalized spacial score (nSPS) is 26.6. The predicted octanol–water partition coefficient (Wildman–Crippen LogP) is 4.42. The maximum Gasteiger partial charge on any atom is 0.246 e. The van der Waals surface area contributed by atoms with Crippen LogP contribution >= 0.6 is 0 Å². The van der Waals surface area contributed by atoms with Gasteiger partial charge in [-0.2, -0.15) is 0 Å². The molecule has 39 heavy (non-hydrogen) atoms. The number of para-hydroxylation sites is 1. The van der Waals surface area contributed by atoms with E-state index < -0.39 is 5.41 Å². The summed E-state index contributed by atoms with van der Waals surface area (Å²) in [4.78, 5) is 28.4. The number of ether oxygens (including phenoxy) is 4. The van der Waals surface area contributed by atoms with E-state index in [-0.39, 0.29) is 37.9 Å². The van der Waals surface area contributed by atoms with E-state index in [0.29, 0.717) is 54.5 Å². The second kappa shape index (κ2) is 10.4. The SMILES string of the molecule is CC1CCC(C(C)C)C(OCC(=O)NCCCN2C(=O)C3(COc4cc5c(cc43)OCO5)c3ccccc32)C1. The van der Waals surface area contributed by atoms with Gasteiger partial charge in [0.25, 0.3) is 0 Å². The van der Waals surface area contributed by atoms with Crippen molar-refractivity contribution >= 4 is 17.5 Å². The van der Waals surface area contributed by atoms with Crippen molar-refractivity contribution in [2.75, 3.05) is 38.0 Å². The molecule has 0 bridgehead atoms. The molecule has 4 aliphatic rings. The number of amides is 2. The van der Waals surface area contributed by atoms with Crippen LogP contribution in [0.2, 0.25) is 0 Å². The molecule has 1 saturated carbocycles. The third-order valence-corrected chi connectivity index (χ3v) is 8.91. The van der Waals surface area contributed by atoms with E-state index in [0.717, 1.165) is 29.7 Å². The van der Waals surface area contributed by atoms with Crippen molar-refractivity contribution < 1.29 is 28.5 Å². The Morgan fingerprint density at radius 3 is 2.72 bits per heavy atom. The molecule has 0 radical (unpaired) electrons. The second-order valence-corrected chi connectivity index (χ2v) is 11.7. The maximum absolute atomic E-state index is 14.0. The smallest absolute Gasteiger partial charge is 0.246 e. The van der Waals surface area contributed by atoms with Crippen LogP contribution in [0.4, 0.5) is 5.69 Å². The van der Waals surface area contributed by atoms with Gasteiger partial charge in [-0.15, -0.1) is 0 Å². The van der Waals surface area contributed by atoms with E-state index in [9.17, 15) is 9.59 Å². The summed E-state index contributed by atoms with van der Waals surface area (Å²) >= 11 is 0. The van der Waals surface area contributed by atoms with Gasteiger partial charge in [0.1, 0.15) is 24.4 Å². The number of hydrogen-bond donors (Lipinski definition) is 1. The van der Waals surface area contributed by atoms with Gasteiger partial charge in [-0.3, -0.25) is 9.59 Å². The third-order valence-electron chi connectivity index (χ3n) is 8.91. The summed E-state index contributed by atoms with van der Waals surface area (Å²) < 4.78 is 23.3. The molecular formula is C31H38N2O6. The van der Waals surface area contributed by atoms with Crippen LogP contribution < -0.4 is 24.4 Å². The van der Waals surface area contributed by atoms with E-state index in [1.807, 2.05) is 41.3 Å². The topological polar surface area (TPSA) is 86.3 Å². The zero-order valence-corrected chi connectivity index (χ0v) is 23.0. The number of carbonyl (C=O) groups excluding carboxylic acids is 2. The lowest BCUT2D eigenvalue weighted by Crippen LogP contribution is -2.43. The molecule has 8 heteroatoms. The first-order valence-corrected chi connectivity index (χ1v) is 14.2. The van der Waals surface area contributed by atoms with Crippen molar-refractivity contribution in [1.29, 1.82) is 0 Å². The molecule has 3 aliphatic heterocycles. The molecule has 1 spiro atoms. The lowest BCUT2D eigenvalue weighted by molar-refractivity contribution is -0.131. The molecular weight excluding hydrogens is 496 g/mol. The third kappa shape index (κ3) is 4.52. The van der Waals surface area contributed by atoms with Crippen LogP contribution in [0.5, 0.6) is 17.2 Å². The van der Waals surface area contributed by atoms with E-state index in [4.69, 9.17) is 18.9 Å². The van der Waals surface area contributed by atoms with Crippen LogP contribution in [0.15, 0.2) is 36.4 Å². The van der Waals surface area contributed by atoms with Crippen molar-refractivity contribution in [3.63, 3.8) is 0 Å².